The summed E-state index contributed by atoms with van der Waals surface area (Å²) in [6.45, 7) is 1.18. The molecule has 8 heteroatoms. The van der Waals surface area contributed by atoms with Crippen LogP contribution < -0.4 is 10.1 Å². The van der Waals surface area contributed by atoms with Crippen LogP contribution in [0, 0.1) is 0 Å². The monoisotopic (exact) mass is 339 g/mol. The van der Waals surface area contributed by atoms with Gasteiger partial charge >= 0.3 is 0 Å². The van der Waals surface area contributed by atoms with E-state index in [0.29, 0.717) is 30.5 Å². The van der Waals surface area contributed by atoms with Crippen molar-refractivity contribution in [1.29, 1.82) is 0 Å². The summed E-state index contributed by atoms with van der Waals surface area (Å²) in [5.41, 5.74) is 3.12. The van der Waals surface area contributed by atoms with Gasteiger partial charge in [0.1, 0.15) is 5.52 Å². The zero-order valence-corrected chi connectivity index (χ0v) is 13.7. The molecule has 2 N–H and O–H groups in total. The molecule has 0 saturated heterocycles. The summed E-state index contributed by atoms with van der Waals surface area (Å²) in [5.74, 6) is 1.15. The van der Waals surface area contributed by atoms with Gasteiger partial charge in [0.2, 0.25) is 0 Å². The lowest BCUT2D eigenvalue weighted by atomic mass is 10.2. The molecule has 0 spiro atoms. The van der Waals surface area contributed by atoms with Gasteiger partial charge in [-0.15, -0.1) is 0 Å². The molecule has 0 fully saturated rings. The summed E-state index contributed by atoms with van der Waals surface area (Å²) in [5, 5.41) is 15.2. The Labute approximate surface area is 143 Å². The second-order valence-corrected chi connectivity index (χ2v) is 5.49. The van der Waals surface area contributed by atoms with Crippen LogP contribution in [0.2, 0.25) is 0 Å². The molecule has 1 aromatic carbocycles. The fourth-order valence-electron chi connectivity index (χ4n) is 2.55. The van der Waals surface area contributed by atoms with E-state index in [2.05, 4.69) is 25.7 Å². The Bertz CT molecular complexity index is 994. The third-order valence-corrected chi connectivity index (χ3v) is 3.75. The van der Waals surface area contributed by atoms with Crippen LogP contribution in [0.5, 0.6) is 5.88 Å². The molecule has 8 nitrogen and oxygen atoms in total. The third-order valence-electron chi connectivity index (χ3n) is 3.75. The highest BCUT2D eigenvalue weighted by Gasteiger charge is 2.12. The van der Waals surface area contributed by atoms with Gasteiger partial charge in [-0.05, 0) is 29.4 Å². The van der Waals surface area contributed by atoms with Gasteiger partial charge in [-0.2, -0.15) is 5.10 Å². The lowest BCUT2D eigenvalue weighted by Gasteiger charge is -2.03. The van der Waals surface area contributed by atoms with E-state index < -0.39 is 0 Å². The summed E-state index contributed by atoms with van der Waals surface area (Å²) >= 11 is 0. The van der Waals surface area contributed by atoms with Crippen LogP contribution in [0.15, 0.2) is 41.1 Å². The quantitative estimate of drug-likeness (QED) is 0.499. The first-order chi connectivity index (χ1) is 12.3. The largest absolute Gasteiger partial charge is 0.475 e. The van der Waals surface area contributed by atoms with Crippen molar-refractivity contribution >= 4 is 33.5 Å². The Hall–Kier alpha value is -3.13. The maximum Gasteiger partial charge on any atom is 0.262 e. The molecule has 3 aromatic heterocycles. The minimum absolute atomic E-state index is 0.490. The first kappa shape index (κ1) is 15.4. The first-order valence-electron chi connectivity index (χ1n) is 7.92. The molecule has 128 valence electrons. The number of nitrogens with one attached hydrogen (secondary N) is 2. The highest BCUT2D eigenvalue weighted by Crippen LogP contribution is 2.29. The summed E-state index contributed by atoms with van der Waals surface area (Å²) in [7, 11) is 1.66. The summed E-state index contributed by atoms with van der Waals surface area (Å²) < 4.78 is 16.0. The van der Waals surface area contributed by atoms with E-state index in [0.717, 1.165) is 28.5 Å². The maximum absolute atomic E-state index is 5.63. The molecule has 25 heavy (non-hydrogen) atoms. The minimum Gasteiger partial charge on any atom is -0.475 e. The molecule has 0 aliphatic heterocycles. The van der Waals surface area contributed by atoms with Crippen molar-refractivity contribution in [2.75, 3.05) is 25.6 Å². The maximum atomic E-state index is 5.63. The zero-order valence-electron chi connectivity index (χ0n) is 13.7. The SMILES string of the molecule is COCCCOc1noc2cc(Nc3n[nH]c4cccnc34)ccc12. The second-order valence-electron chi connectivity index (χ2n) is 5.49. The van der Waals surface area contributed by atoms with Crippen molar-refractivity contribution in [2.24, 2.45) is 0 Å². The van der Waals surface area contributed by atoms with E-state index in [4.69, 9.17) is 14.0 Å². The lowest BCUT2D eigenvalue weighted by molar-refractivity contribution is 0.169. The lowest BCUT2D eigenvalue weighted by Crippen LogP contribution is -2.01. The molecule has 0 aliphatic rings. The van der Waals surface area contributed by atoms with Crippen LogP contribution in [-0.4, -0.2) is 40.7 Å². The summed E-state index contributed by atoms with van der Waals surface area (Å²) in [4.78, 5) is 4.33. The Morgan fingerprint density at radius 1 is 1.24 bits per heavy atom. The minimum atomic E-state index is 0.490. The van der Waals surface area contributed by atoms with Crippen molar-refractivity contribution in [1.82, 2.24) is 20.3 Å². The Morgan fingerprint density at radius 3 is 3.12 bits per heavy atom. The van der Waals surface area contributed by atoms with E-state index in [1.165, 1.54) is 0 Å². The van der Waals surface area contributed by atoms with Gasteiger partial charge in [-0.1, -0.05) is 0 Å². The number of nitrogens with zero attached hydrogens (tertiary/aromatic N) is 3. The number of rotatable bonds is 7. The molecular weight excluding hydrogens is 322 g/mol. The first-order valence-corrected chi connectivity index (χ1v) is 7.92. The molecule has 0 radical (unpaired) electrons. The molecule has 0 amide bonds. The molecule has 0 atom stereocenters. The van der Waals surface area contributed by atoms with Crippen LogP contribution in [0.1, 0.15) is 6.42 Å². The molecule has 0 unspecified atom stereocenters. The fraction of sp³-hybridized carbons (Fsp3) is 0.235. The Morgan fingerprint density at radius 2 is 2.20 bits per heavy atom. The molecule has 3 heterocycles. The average molecular weight is 339 g/mol. The van der Waals surface area contributed by atoms with Crippen molar-refractivity contribution < 1.29 is 14.0 Å². The number of pyridine rings is 1. The van der Waals surface area contributed by atoms with E-state index in [1.807, 2.05) is 30.3 Å². The van der Waals surface area contributed by atoms with Crippen molar-refractivity contribution in [3.63, 3.8) is 0 Å². The van der Waals surface area contributed by atoms with Crippen LogP contribution in [0.4, 0.5) is 11.5 Å². The number of ether oxygens (including phenoxy) is 2. The number of aromatic nitrogens is 4. The van der Waals surface area contributed by atoms with Gasteiger partial charge < -0.3 is 19.3 Å². The van der Waals surface area contributed by atoms with Gasteiger partial charge in [0.05, 0.1) is 17.5 Å². The van der Waals surface area contributed by atoms with E-state index >= 15 is 0 Å². The number of benzene rings is 1. The fourth-order valence-corrected chi connectivity index (χ4v) is 2.55. The Kier molecular flexibility index (Phi) is 4.17. The van der Waals surface area contributed by atoms with E-state index in [1.54, 1.807) is 13.3 Å². The number of hydrogen-bond donors (Lipinski definition) is 2. The average Bonchev–Trinajstić information content (AvgIpc) is 3.23. The number of H-pyrrole nitrogens is 1. The van der Waals surface area contributed by atoms with Gasteiger partial charge in [-0.25, -0.2) is 0 Å². The van der Waals surface area contributed by atoms with Crippen molar-refractivity contribution in [3.8, 4) is 5.88 Å². The number of fused-ring (bicyclic) bond motifs is 2. The van der Waals surface area contributed by atoms with Gasteiger partial charge in [-0.3, -0.25) is 10.1 Å². The molecule has 4 aromatic rings. The highest BCUT2D eigenvalue weighted by atomic mass is 16.5. The number of aromatic amines is 1. The standard InChI is InChI=1S/C17H17N5O3/c1-23-8-3-9-24-17-12-6-5-11(10-14(12)25-22-17)19-16-15-13(20-21-16)4-2-7-18-15/h2,4-7,10H,3,8-9H2,1H3,(H2,19,20,21). The van der Waals surface area contributed by atoms with Gasteiger partial charge in [0.15, 0.2) is 11.4 Å². The molecule has 0 saturated carbocycles. The summed E-state index contributed by atoms with van der Waals surface area (Å²) in [6, 6.07) is 9.47. The zero-order chi connectivity index (χ0) is 17.1. The van der Waals surface area contributed by atoms with E-state index in [9.17, 15) is 0 Å². The third kappa shape index (κ3) is 3.11. The van der Waals surface area contributed by atoms with Crippen molar-refractivity contribution in [3.05, 3.63) is 36.5 Å². The van der Waals surface area contributed by atoms with Crippen LogP contribution in [0.3, 0.4) is 0 Å². The smallest absolute Gasteiger partial charge is 0.262 e. The topological polar surface area (TPSA) is 98.1 Å². The predicted octanol–water partition coefficient (Wildman–Crippen LogP) is 3.26. The summed E-state index contributed by atoms with van der Waals surface area (Å²) in [6.07, 6.45) is 2.53. The Balaban J connectivity index is 1.53. The number of methoxy groups -OCH3 is 1. The molecular formula is C17H17N5O3. The van der Waals surface area contributed by atoms with Crippen LogP contribution in [-0.2, 0) is 4.74 Å². The van der Waals surface area contributed by atoms with Gasteiger partial charge in [0, 0.05) is 38.1 Å². The predicted molar refractivity (Wildman–Crippen MR) is 93.2 cm³/mol. The second kappa shape index (κ2) is 6.78. The molecule has 4 rings (SSSR count). The van der Waals surface area contributed by atoms with Crippen LogP contribution >= 0.6 is 0 Å². The molecule has 0 bridgehead atoms. The van der Waals surface area contributed by atoms with E-state index in [-0.39, 0.29) is 0 Å². The van der Waals surface area contributed by atoms with Gasteiger partial charge in [0.25, 0.3) is 5.88 Å². The molecule has 0 aliphatic carbocycles. The van der Waals surface area contributed by atoms with Crippen LogP contribution in [0.25, 0.3) is 22.0 Å². The van der Waals surface area contributed by atoms with Crippen molar-refractivity contribution in [2.45, 2.75) is 6.42 Å². The number of anilines is 2. The number of hydrogen-bond acceptors (Lipinski definition) is 7. The normalized spacial score (nSPS) is 11.2. The highest BCUT2D eigenvalue weighted by molar-refractivity contribution is 5.90.